The van der Waals surface area contributed by atoms with Crippen LogP contribution in [0.4, 0.5) is 5.82 Å². The smallest absolute Gasteiger partial charge is 0.224 e. The molecule has 0 radical (unpaired) electrons. The van der Waals surface area contributed by atoms with E-state index in [1.165, 1.54) is 0 Å². The maximum Gasteiger partial charge on any atom is 0.224 e. The van der Waals surface area contributed by atoms with Crippen molar-refractivity contribution in [2.75, 3.05) is 5.32 Å². The Balaban J connectivity index is 2.78. The summed E-state index contributed by atoms with van der Waals surface area (Å²) in [5.41, 5.74) is 0.967. The highest BCUT2D eigenvalue weighted by Gasteiger charge is 2.08. The Morgan fingerprint density at radius 2 is 2.40 bits per heavy atom. The zero-order valence-corrected chi connectivity index (χ0v) is 9.67. The molecule has 0 aliphatic carbocycles. The second kappa shape index (κ2) is 5.57. The average molecular weight is 224 g/mol. The predicted octanol–water partition coefficient (Wildman–Crippen LogP) is 2.65. The molecule has 1 aromatic rings. The Morgan fingerprint density at radius 1 is 1.67 bits per heavy atom. The van der Waals surface area contributed by atoms with Crippen LogP contribution in [-0.2, 0) is 0 Å². The van der Waals surface area contributed by atoms with Gasteiger partial charge in [-0.15, -0.1) is 12.3 Å². The molecule has 1 atom stereocenters. The maximum atomic E-state index is 5.72. The van der Waals surface area contributed by atoms with Gasteiger partial charge in [0.05, 0.1) is 0 Å². The number of nitrogens with one attached hydrogen (secondary N) is 1. The predicted molar refractivity (Wildman–Crippen MR) is 62.9 cm³/mol. The van der Waals surface area contributed by atoms with E-state index in [1.54, 1.807) is 6.20 Å². The SMILES string of the molecule is C#CCC(CC)Nc1nc(Cl)ncc1C. The van der Waals surface area contributed by atoms with Gasteiger partial charge in [0.1, 0.15) is 5.82 Å². The molecule has 0 fully saturated rings. The van der Waals surface area contributed by atoms with Gasteiger partial charge in [0.15, 0.2) is 0 Å². The number of terminal acetylenes is 1. The largest absolute Gasteiger partial charge is 0.366 e. The maximum absolute atomic E-state index is 5.72. The van der Waals surface area contributed by atoms with Crippen molar-refractivity contribution in [1.29, 1.82) is 0 Å². The zero-order chi connectivity index (χ0) is 11.3. The number of halogens is 1. The number of anilines is 1. The van der Waals surface area contributed by atoms with Crippen molar-refractivity contribution in [2.24, 2.45) is 0 Å². The molecule has 0 aromatic carbocycles. The molecular weight excluding hydrogens is 210 g/mol. The van der Waals surface area contributed by atoms with E-state index in [2.05, 4.69) is 28.1 Å². The normalized spacial score (nSPS) is 11.9. The minimum atomic E-state index is 0.236. The molecule has 0 bridgehead atoms. The number of hydrogen-bond donors (Lipinski definition) is 1. The van der Waals surface area contributed by atoms with E-state index in [4.69, 9.17) is 18.0 Å². The van der Waals surface area contributed by atoms with E-state index in [9.17, 15) is 0 Å². The van der Waals surface area contributed by atoms with Gasteiger partial charge in [-0.05, 0) is 24.9 Å². The van der Waals surface area contributed by atoms with Gasteiger partial charge in [0.25, 0.3) is 0 Å². The van der Waals surface area contributed by atoms with Crippen LogP contribution in [0.25, 0.3) is 0 Å². The molecule has 0 aliphatic heterocycles. The van der Waals surface area contributed by atoms with Crippen LogP contribution >= 0.6 is 11.6 Å². The summed E-state index contributed by atoms with van der Waals surface area (Å²) in [6, 6.07) is 0.236. The molecule has 1 rings (SSSR count). The number of rotatable bonds is 4. The summed E-state index contributed by atoms with van der Waals surface area (Å²) < 4.78 is 0. The molecule has 0 amide bonds. The Hall–Kier alpha value is -1.27. The van der Waals surface area contributed by atoms with E-state index >= 15 is 0 Å². The first kappa shape index (κ1) is 11.8. The number of hydrogen-bond acceptors (Lipinski definition) is 3. The Bertz CT molecular complexity index is 371. The highest BCUT2D eigenvalue weighted by Crippen LogP contribution is 2.15. The lowest BCUT2D eigenvalue weighted by Crippen LogP contribution is -2.19. The molecule has 0 spiro atoms. The molecule has 1 N–H and O–H groups in total. The third-order valence-electron chi connectivity index (χ3n) is 2.14. The third kappa shape index (κ3) is 3.41. The van der Waals surface area contributed by atoms with Crippen molar-refractivity contribution in [3.63, 3.8) is 0 Å². The number of nitrogens with zero attached hydrogens (tertiary/aromatic N) is 2. The Morgan fingerprint density at radius 3 is 3.00 bits per heavy atom. The van der Waals surface area contributed by atoms with Crippen molar-refractivity contribution in [1.82, 2.24) is 9.97 Å². The molecule has 1 aromatic heterocycles. The molecule has 4 heteroatoms. The van der Waals surface area contributed by atoms with E-state index in [1.807, 2.05) is 6.92 Å². The molecule has 1 heterocycles. The van der Waals surface area contributed by atoms with Gasteiger partial charge in [0, 0.05) is 24.2 Å². The number of aryl methyl sites for hydroxylation is 1. The number of aromatic nitrogens is 2. The minimum Gasteiger partial charge on any atom is -0.366 e. The van der Waals surface area contributed by atoms with Crippen LogP contribution in [0.15, 0.2) is 6.20 Å². The first-order chi connectivity index (χ1) is 7.17. The molecule has 0 saturated carbocycles. The van der Waals surface area contributed by atoms with Crippen LogP contribution in [0.2, 0.25) is 5.28 Å². The molecule has 3 nitrogen and oxygen atoms in total. The van der Waals surface area contributed by atoms with Crippen LogP contribution in [0, 0.1) is 19.3 Å². The highest BCUT2D eigenvalue weighted by atomic mass is 35.5. The monoisotopic (exact) mass is 223 g/mol. The van der Waals surface area contributed by atoms with Gasteiger partial charge in [-0.2, -0.15) is 0 Å². The average Bonchev–Trinajstić information content (AvgIpc) is 2.22. The van der Waals surface area contributed by atoms with E-state index in [0.717, 1.165) is 17.8 Å². The van der Waals surface area contributed by atoms with Gasteiger partial charge in [-0.1, -0.05) is 6.92 Å². The summed E-state index contributed by atoms with van der Waals surface area (Å²) in [6.45, 7) is 4.01. The van der Waals surface area contributed by atoms with Gasteiger partial charge in [-0.3, -0.25) is 0 Å². The summed E-state index contributed by atoms with van der Waals surface area (Å²) in [7, 11) is 0. The zero-order valence-electron chi connectivity index (χ0n) is 8.92. The van der Waals surface area contributed by atoms with Gasteiger partial charge < -0.3 is 5.32 Å². The molecule has 0 aliphatic rings. The van der Waals surface area contributed by atoms with E-state index in [0.29, 0.717) is 6.42 Å². The van der Waals surface area contributed by atoms with Crippen LogP contribution in [0.3, 0.4) is 0 Å². The van der Waals surface area contributed by atoms with Crippen LogP contribution in [-0.4, -0.2) is 16.0 Å². The van der Waals surface area contributed by atoms with E-state index in [-0.39, 0.29) is 11.3 Å². The summed E-state index contributed by atoms with van der Waals surface area (Å²) >= 11 is 5.72. The fraction of sp³-hybridized carbons (Fsp3) is 0.455. The van der Waals surface area contributed by atoms with Crippen molar-refractivity contribution >= 4 is 17.4 Å². The quantitative estimate of drug-likeness (QED) is 0.630. The lowest BCUT2D eigenvalue weighted by Gasteiger charge is -2.16. The molecule has 1 unspecified atom stereocenters. The van der Waals surface area contributed by atoms with Gasteiger partial charge in [0.2, 0.25) is 5.28 Å². The third-order valence-corrected chi connectivity index (χ3v) is 2.32. The lowest BCUT2D eigenvalue weighted by atomic mass is 10.1. The molecule has 0 saturated heterocycles. The fourth-order valence-corrected chi connectivity index (χ4v) is 1.33. The standard InChI is InChI=1S/C11H14ClN3/c1-4-6-9(5-2)14-10-8(3)7-13-11(12)15-10/h1,7,9H,5-6H2,2-3H3,(H,13,14,15). The highest BCUT2D eigenvalue weighted by molar-refractivity contribution is 6.28. The second-order valence-corrected chi connectivity index (χ2v) is 3.67. The summed E-state index contributed by atoms with van der Waals surface area (Å²) in [5, 5.41) is 3.51. The summed E-state index contributed by atoms with van der Waals surface area (Å²) in [6.07, 6.45) is 8.60. The van der Waals surface area contributed by atoms with Crippen LogP contribution in [0.1, 0.15) is 25.3 Å². The van der Waals surface area contributed by atoms with Crippen molar-refractivity contribution < 1.29 is 0 Å². The Kier molecular flexibility index (Phi) is 4.38. The van der Waals surface area contributed by atoms with Crippen molar-refractivity contribution in [3.05, 3.63) is 17.0 Å². The fourth-order valence-electron chi connectivity index (χ4n) is 1.20. The van der Waals surface area contributed by atoms with Gasteiger partial charge in [-0.25, -0.2) is 9.97 Å². The van der Waals surface area contributed by atoms with Crippen LogP contribution in [0.5, 0.6) is 0 Å². The summed E-state index contributed by atoms with van der Waals surface area (Å²) in [5.74, 6) is 3.40. The van der Waals surface area contributed by atoms with Crippen LogP contribution < -0.4 is 5.32 Å². The molecular formula is C11H14ClN3. The molecule has 80 valence electrons. The first-order valence-corrected chi connectivity index (χ1v) is 5.24. The van der Waals surface area contributed by atoms with Crippen molar-refractivity contribution in [2.45, 2.75) is 32.7 Å². The first-order valence-electron chi connectivity index (χ1n) is 4.86. The van der Waals surface area contributed by atoms with Crippen molar-refractivity contribution in [3.8, 4) is 12.3 Å². The second-order valence-electron chi connectivity index (χ2n) is 3.33. The Labute approximate surface area is 95.3 Å². The topological polar surface area (TPSA) is 37.8 Å². The lowest BCUT2D eigenvalue weighted by molar-refractivity contribution is 0.710. The minimum absolute atomic E-state index is 0.236. The molecule has 15 heavy (non-hydrogen) atoms. The summed E-state index contributed by atoms with van der Waals surface area (Å²) in [4.78, 5) is 8.01. The van der Waals surface area contributed by atoms with Gasteiger partial charge >= 0.3 is 0 Å². The van der Waals surface area contributed by atoms with E-state index < -0.39 is 0 Å².